The lowest BCUT2D eigenvalue weighted by atomic mass is 10.2. The average Bonchev–Trinajstić information content (AvgIpc) is 3.10. The van der Waals surface area contributed by atoms with Gasteiger partial charge in [-0.1, -0.05) is 36.4 Å². The molecule has 0 saturated heterocycles. The Kier molecular flexibility index (Phi) is 9.49. The highest BCUT2D eigenvalue weighted by Gasteiger charge is 2.28. The van der Waals surface area contributed by atoms with E-state index in [0.717, 1.165) is 0 Å². The topological polar surface area (TPSA) is 171 Å². The molecule has 0 spiro atoms. The minimum Gasteiger partial charge on any atom is -0.456 e. The van der Waals surface area contributed by atoms with Crippen LogP contribution in [-0.2, 0) is 9.84 Å². The molecule has 10 nitrogen and oxygen atoms in total. The molecule has 0 saturated carbocycles. The zero-order valence-electron chi connectivity index (χ0n) is 27.5. The molecule has 0 aromatic heterocycles. The third-order valence-electron chi connectivity index (χ3n) is 7.59. The third kappa shape index (κ3) is 7.39. The molecular weight excluding hydrogens is 665 g/mol. The fourth-order valence-corrected chi connectivity index (χ4v) is 6.84. The number of sulfone groups is 1. The van der Waals surface area contributed by atoms with E-state index in [1.807, 2.05) is 0 Å². The van der Waals surface area contributed by atoms with Crippen molar-refractivity contribution in [1.82, 2.24) is 0 Å². The van der Waals surface area contributed by atoms with E-state index in [1.54, 1.807) is 111 Å². The highest BCUT2D eigenvalue weighted by atomic mass is 32.2. The summed E-state index contributed by atoms with van der Waals surface area (Å²) in [6, 6.07) is 36.6. The number of nitrogens with zero attached hydrogens (tertiary/aromatic N) is 2. The molecule has 252 valence electrons. The number of hydrogen-bond donors (Lipinski definition) is 2. The maximum absolute atomic E-state index is 14.6. The lowest BCUT2D eigenvalue weighted by Gasteiger charge is -2.18. The van der Waals surface area contributed by atoms with Gasteiger partial charge in [0.05, 0.1) is 0 Å². The molecule has 51 heavy (non-hydrogen) atoms. The zero-order chi connectivity index (χ0) is 36.1. The van der Waals surface area contributed by atoms with Gasteiger partial charge in [-0.05, 0) is 97.8 Å². The molecule has 0 fully saturated rings. The van der Waals surface area contributed by atoms with Gasteiger partial charge in [-0.25, -0.2) is 8.42 Å². The Morgan fingerprint density at radius 1 is 0.490 bits per heavy atom. The Bertz CT molecular complexity index is 2320. The summed E-state index contributed by atoms with van der Waals surface area (Å²) in [6.07, 6.45) is 0. The van der Waals surface area contributed by atoms with Gasteiger partial charge in [0.2, 0.25) is 9.84 Å². The van der Waals surface area contributed by atoms with Crippen LogP contribution < -0.4 is 30.4 Å². The van der Waals surface area contributed by atoms with Crippen LogP contribution in [0.3, 0.4) is 0 Å². The summed E-state index contributed by atoms with van der Waals surface area (Å²) in [6.45, 7) is 3.50. The summed E-state index contributed by atoms with van der Waals surface area (Å²) in [4.78, 5) is -0.327. The molecule has 0 heterocycles. The number of nitrogen functional groups attached to an aromatic ring is 2. The number of rotatable bonds is 10. The number of nitrogens with two attached hydrogens (primary N) is 2. The Morgan fingerprint density at radius 3 is 1.24 bits per heavy atom. The van der Waals surface area contributed by atoms with Crippen molar-refractivity contribution in [2.45, 2.75) is 23.6 Å². The fraction of sp³-hybridized carbons (Fsp3) is 0.0500. The summed E-state index contributed by atoms with van der Waals surface area (Å²) >= 11 is 0. The second-order valence-corrected chi connectivity index (χ2v) is 13.3. The van der Waals surface area contributed by atoms with Crippen molar-refractivity contribution >= 4 is 21.2 Å². The van der Waals surface area contributed by atoms with Crippen molar-refractivity contribution in [2.75, 3.05) is 11.5 Å². The lowest BCUT2D eigenvalue weighted by molar-refractivity contribution is 0.446. The molecule has 6 rings (SSSR count). The van der Waals surface area contributed by atoms with Crippen LogP contribution in [0.1, 0.15) is 22.3 Å². The number of ether oxygens (including phenoxy) is 4. The van der Waals surface area contributed by atoms with Crippen LogP contribution in [0.2, 0.25) is 0 Å². The molecule has 0 radical (unpaired) electrons. The van der Waals surface area contributed by atoms with E-state index >= 15 is 0 Å². The molecule has 0 atom stereocenters. The summed E-state index contributed by atoms with van der Waals surface area (Å²) in [5.41, 5.74) is 14.1. The first-order chi connectivity index (χ1) is 24.5. The standard InChI is InChI=1S/C40H30N4O6S/c1-25-15-17-37(49-35-13-5-11-33(31(35)23-41)47-29-9-3-7-27(43)21-29)39(19-25)51(45,46)40-20-26(2)16-18-38(40)50-36-14-6-12-34(32(36)24-42)48-30-10-4-8-28(44)22-30/h3-22H,43-44H2,1-2H3. The number of nitriles is 2. The predicted molar refractivity (Wildman–Crippen MR) is 192 cm³/mol. The summed E-state index contributed by atoms with van der Waals surface area (Å²) in [5.74, 6) is 1.32. The highest BCUT2D eigenvalue weighted by molar-refractivity contribution is 7.91. The molecule has 0 amide bonds. The molecule has 4 N–H and O–H groups in total. The average molecular weight is 695 g/mol. The summed E-state index contributed by atoms with van der Waals surface area (Å²) < 4.78 is 53.4. The molecule has 6 aromatic rings. The van der Waals surface area contributed by atoms with Crippen LogP contribution in [0.15, 0.2) is 131 Å². The van der Waals surface area contributed by atoms with Crippen molar-refractivity contribution in [3.05, 3.63) is 144 Å². The van der Waals surface area contributed by atoms with Gasteiger partial charge in [0.15, 0.2) is 0 Å². The summed E-state index contributed by atoms with van der Waals surface area (Å²) in [7, 11) is -4.36. The van der Waals surface area contributed by atoms with E-state index in [2.05, 4.69) is 12.1 Å². The van der Waals surface area contributed by atoms with E-state index in [4.69, 9.17) is 30.4 Å². The van der Waals surface area contributed by atoms with E-state index < -0.39 is 9.84 Å². The Hall–Kier alpha value is -6.95. The van der Waals surface area contributed by atoms with Crippen LogP contribution in [0.4, 0.5) is 11.4 Å². The van der Waals surface area contributed by atoms with Gasteiger partial charge >= 0.3 is 0 Å². The molecule has 0 bridgehead atoms. The Labute approximate surface area is 295 Å². The first-order valence-corrected chi connectivity index (χ1v) is 17.0. The second-order valence-electron chi connectivity index (χ2n) is 11.4. The van der Waals surface area contributed by atoms with Crippen LogP contribution in [0, 0.1) is 36.5 Å². The molecule has 0 aliphatic carbocycles. The smallest absolute Gasteiger partial charge is 0.213 e. The van der Waals surface area contributed by atoms with Gasteiger partial charge in [-0.3, -0.25) is 0 Å². The van der Waals surface area contributed by atoms with E-state index in [1.165, 1.54) is 24.3 Å². The first-order valence-electron chi connectivity index (χ1n) is 15.5. The number of anilines is 2. The van der Waals surface area contributed by atoms with Gasteiger partial charge in [0.25, 0.3) is 0 Å². The number of benzene rings is 6. The molecule has 0 aliphatic rings. The molecule has 0 aliphatic heterocycles. The van der Waals surface area contributed by atoms with Gasteiger partial charge < -0.3 is 30.4 Å². The Balaban J connectivity index is 1.38. The van der Waals surface area contributed by atoms with Gasteiger partial charge in [-0.2, -0.15) is 10.5 Å². The van der Waals surface area contributed by atoms with Gasteiger partial charge in [0, 0.05) is 23.5 Å². The van der Waals surface area contributed by atoms with E-state index in [9.17, 15) is 18.9 Å². The van der Waals surface area contributed by atoms with Gasteiger partial charge in [-0.15, -0.1) is 0 Å². The predicted octanol–water partition coefficient (Wildman–Crippen LogP) is 9.21. The largest absolute Gasteiger partial charge is 0.456 e. The van der Waals surface area contributed by atoms with Crippen LogP contribution >= 0.6 is 0 Å². The lowest BCUT2D eigenvalue weighted by Crippen LogP contribution is -2.07. The van der Waals surface area contributed by atoms with E-state index in [0.29, 0.717) is 34.0 Å². The minimum absolute atomic E-state index is 0.0269. The highest BCUT2D eigenvalue weighted by Crippen LogP contribution is 2.42. The third-order valence-corrected chi connectivity index (χ3v) is 9.38. The van der Waals surface area contributed by atoms with Gasteiger partial charge in [0.1, 0.15) is 79.1 Å². The van der Waals surface area contributed by atoms with Crippen LogP contribution in [0.25, 0.3) is 0 Å². The van der Waals surface area contributed by atoms with Crippen molar-refractivity contribution in [1.29, 1.82) is 10.5 Å². The number of aryl methyl sites for hydroxylation is 2. The number of hydrogen-bond acceptors (Lipinski definition) is 10. The van der Waals surface area contributed by atoms with Crippen molar-refractivity contribution < 1.29 is 27.4 Å². The summed E-state index contributed by atoms with van der Waals surface area (Å²) in [5, 5.41) is 20.2. The SMILES string of the molecule is Cc1ccc(Oc2cccc(Oc3cccc(N)c3)c2C#N)c(S(=O)(=O)c2cc(C)ccc2Oc2cccc(Oc3cccc(N)c3)c2C#N)c1. The monoisotopic (exact) mass is 694 g/mol. The maximum atomic E-state index is 14.6. The minimum atomic E-state index is -4.36. The van der Waals surface area contributed by atoms with Crippen molar-refractivity contribution in [3.63, 3.8) is 0 Å². The normalized spacial score (nSPS) is 10.8. The zero-order valence-corrected chi connectivity index (χ0v) is 28.3. The molecule has 6 aromatic carbocycles. The Morgan fingerprint density at radius 2 is 0.863 bits per heavy atom. The van der Waals surface area contributed by atoms with E-state index in [-0.39, 0.29) is 55.4 Å². The molecule has 11 heteroatoms. The molecular formula is C40H30N4O6S. The fourth-order valence-electron chi connectivity index (χ4n) is 5.17. The second kappa shape index (κ2) is 14.3. The quantitative estimate of drug-likeness (QED) is 0.132. The van der Waals surface area contributed by atoms with Crippen LogP contribution in [0.5, 0.6) is 46.0 Å². The first kappa shape index (κ1) is 33.9. The molecule has 0 unspecified atom stereocenters. The van der Waals surface area contributed by atoms with Crippen molar-refractivity contribution in [3.8, 4) is 58.1 Å². The van der Waals surface area contributed by atoms with Crippen LogP contribution in [-0.4, -0.2) is 8.42 Å². The maximum Gasteiger partial charge on any atom is 0.213 e. The van der Waals surface area contributed by atoms with Crippen molar-refractivity contribution in [2.24, 2.45) is 0 Å².